The summed E-state index contributed by atoms with van der Waals surface area (Å²) in [4.78, 5) is 0. The third-order valence-electron chi connectivity index (χ3n) is 4.20. The van der Waals surface area contributed by atoms with E-state index in [4.69, 9.17) is 23.2 Å². The molecule has 1 spiro atoms. The summed E-state index contributed by atoms with van der Waals surface area (Å²) >= 11 is 11.8. The normalized spacial score (nSPS) is 22.0. The van der Waals surface area contributed by atoms with E-state index < -0.39 is 10.0 Å². The standard InChI is InChI=1S/C13H15Cl2NO2S/c14-11-6-10(7-12(15)8-11)9-19(17,18)16-5-4-13(16)2-1-3-13/h6-8H,1-5,9H2. The molecule has 0 amide bonds. The molecule has 2 aliphatic rings. The second-order valence-corrected chi connectivity index (χ2v) is 8.20. The van der Waals surface area contributed by atoms with E-state index in [1.54, 1.807) is 22.5 Å². The second-order valence-electron chi connectivity index (χ2n) is 5.43. The molecule has 0 aromatic heterocycles. The van der Waals surface area contributed by atoms with Gasteiger partial charge in [0.2, 0.25) is 10.0 Å². The molecule has 1 heterocycles. The Morgan fingerprint density at radius 2 is 1.74 bits per heavy atom. The van der Waals surface area contributed by atoms with E-state index in [1.807, 2.05) is 0 Å². The van der Waals surface area contributed by atoms with Crippen LogP contribution in [0.15, 0.2) is 18.2 Å². The molecule has 104 valence electrons. The predicted molar refractivity (Wildman–Crippen MR) is 77.0 cm³/mol. The molecule has 0 atom stereocenters. The second kappa shape index (κ2) is 4.62. The van der Waals surface area contributed by atoms with Crippen LogP contribution in [-0.4, -0.2) is 24.8 Å². The minimum atomic E-state index is -3.26. The molecule has 0 radical (unpaired) electrons. The van der Waals surface area contributed by atoms with Gasteiger partial charge >= 0.3 is 0 Å². The first-order valence-corrected chi connectivity index (χ1v) is 8.73. The Bertz CT molecular complexity index is 585. The number of benzene rings is 1. The van der Waals surface area contributed by atoms with Gasteiger partial charge in [-0.25, -0.2) is 8.42 Å². The molecule has 1 aliphatic heterocycles. The lowest BCUT2D eigenvalue weighted by Gasteiger charge is -2.57. The Balaban J connectivity index is 1.82. The van der Waals surface area contributed by atoms with Crippen molar-refractivity contribution in [1.82, 2.24) is 4.31 Å². The van der Waals surface area contributed by atoms with Crippen molar-refractivity contribution in [3.63, 3.8) is 0 Å². The van der Waals surface area contributed by atoms with Crippen LogP contribution in [0.4, 0.5) is 0 Å². The Kier molecular flexibility index (Phi) is 3.33. The molecule has 1 saturated heterocycles. The molecule has 1 aromatic rings. The Labute approximate surface area is 123 Å². The molecule has 1 saturated carbocycles. The Morgan fingerprint density at radius 1 is 1.11 bits per heavy atom. The molecule has 0 N–H and O–H groups in total. The van der Waals surface area contributed by atoms with Gasteiger partial charge in [0.1, 0.15) is 0 Å². The smallest absolute Gasteiger partial charge is 0.212 e. The van der Waals surface area contributed by atoms with E-state index in [0.717, 1.165) is 25.7 Å². The van der Waals surface area contributed by atoms with Crippen molar-refractivity contribution < 1.29 is 8.42 Å². The maximum atomic E-state index is 12.5. The van der Waals surface area contributed by atoms with E-state index in [-0.39, 0.29) is 11.3 Å². The van der Waals surface area contributed by atoms with E-state index >= 15 is 0 Å². The van der Waals surface area contributed by atoms with E-state index in [0.29, 0.717) is 22.2 Å². The van der Waals surface area contributed by atoms with E-state index in [2.05, 4.69) is 0 Å². The molecule has 1 aliphatic carbocycles. The zero-order chi connectivity index (χ0) is 13.7. The van der Waals surface area contributed by atoms with Crippen LogP contribution in [-0.2, 0) is 15.8 Å². The summed E-state index contributed by atoms with van der Waals surface area (Å²) in [7, 11) is -3.26. The maximum Gasteiger partial charge on any atom is 0.218 e. The lowest BCUT2D eigenvalue weighted by atomic mass is 9.70. The average Bonchev–Trinajstić information content (AvgIpc) is 2.08. The monoisotopic (exact) mass is 319 g/mol. The van der Waals surface area contributed by atoms with Crippen molar-refractivity contribution in [1.29, 1.82) is 0 Å². The highest BCUT2D eigenvalue weighted by Gasteiger charge is 2.53. The molecule has 1 aromatic carbocycles. The van der Waals surface area contributed by atoms with Gasteiger partial charge in [0.25, 0.3) is 0 Å². The Morgan fingerprint density at radius 3 is 2.16 bits per heavy atom. The summed E-state index contributed by atoms with van der Waals surface area (Å²) in [6.45, 7) is 0.649. The van der Waals surface area contributed by atoms with E-state index in [9.17, 15) is 8.42 Å². The zero-order valence-corrected chi connectivity index (χ0v) is 12.7. The van der Waals surface area contributed by atoms with Crippen molar-refractivity contribution in [2.24, 2.45) is 0 Å². The first-order valence-electron chi connectivity index (χ1n) is 6.37. The van der Waals surface area contributed by atoms with Gasteiger partial charge in [0.05, 0.1) is 5.75 Å². The summed E-state index contributed by atoms with van der Waals surface area (Å²) < 4.78 is 26.6. The molecule has 6 heteroatoms. The highest BCUT2D eigenvalue weighted by molar-refractivity contribution is 7.88. The summed E-state index contributed by atoms with van der Waals surface area (Å²) in [5, 5.41) is 0.944. The highest BCUT2D eigenvalue weighted by atomic mass is 35.5. The van der Waals surface area contributed by atoms with Gasteiger partial charge in [-0.15, -0.1) is 0 Å². The van der Waals surface area contributed by atoms with Gasteiger partial charge in [-0.1, -0.05) is 23.2 Å². The zero-order valence-electron chi connectivity index (χ0n) is 10.4. The quantitative estimate of drug-likeness (QED) is 0.855. The summed E-state index contributed by atoms with van der Waals surface area (Å²) in [6, 6.07) is 4.94. The summed E-state index contributed by atoms with van der Waals surface area (Å²) in [5.74, 6) is -0.0188. The molecular weight excluding hydrogens is 305 g/mol. The summed E-state index contributed by atoms with van der Waals surface area (Å²) in [5.41, 5.74) is 0.597. The van der Waals surface area contributed by atoms with Crippen LogP contribution in [0.5, 0.6) is 0 Å². The van der Waals surface area contributed by atoms with Crippen LogP contribution in [0.3, 0.4) is 0 Å². The van der Waals surface area contributed by atoms with Crippen LogP contribution >= 0.6 is 23.2 Å². The van der Waals surface area contributed by atoms with Crippen molar-refractivity contribution in [3.05, 3.63) is 33.8 Å². The topological polar surface area (TPSA) is 37.4 Å². The molecule has 0 unspecified atom stereocenters. The minimum Gasteiger partial charge on any atom is -0.212 e. The fraction of sp³-hybridized carbons (Fsp3) is 0.538. The number of nitrogens with zero attached hydrogens (tertiary/aromatic N) is 1. The molecule has 2 fully saturated rings. The van der Waals surface area contributed by atoms with Gasteiger partial charge in [0.15, 0.2) is 0 Å². The number of sulfonamides is 1. The lowest BCUT2D eigenvalue weighted by Crippen LogP contribution is -2.65. The third-order valence-corrected chi connectivity index (χ3v) is 6.58. The fourth-order valence-electron chi connectivity index (χ4n) is 3.02. The highest BCUT2D eigenvalue weighted by Crippen LogP contribution is 2.49. The number of hydrogen-bond acceptors (Lipinski definition) is 2. The van der Waals surface area contributed by atoms with Crippen LogP contribution in [0, 0.1) is 0 Å². The van der Waals surface area contributed by atoms with Crippen molar-refractivity contribution in [2.45, 2.75) is 37.0 Å². The molecule has 19 heavy (non-hydrogen) atoms. The van der Waals surface area contributed by atoms with Crippen molar-refractivity contribution in [3.8, 4) is 0 Å². The molecular formula is C13H15Cl2NO2S. The van der Waals surface area contributed by atoms with Crippen LogP contribution in [0.2, 0.25) is 10.0 Å². The number of rotatable bonds is 3. The average molecular weight is 320 g/mol. The number of halogens is 2. The third kappa shape index (κ3) is 2.40. The van der Waals surface area contributed by atoms with E-state index in [1.165, 1.54) is 0 Å². The van der Waals surface area contributed by atoms with Gasteiger partial charge in [-0.05, 0) is 49.4 Å². The molecule has 0 bridgehead atoms. The van der Waals surface area contributed by atoms with Gasteiger partial charge < -0.3 is 0 Å². The van der Waals surface area contributed by atoms with Crippen LogP contribution in [0.25, 0.3) is 0 Å². The SMILES string of the molecule is O=S(=O)(Cc1cc(Cl)cc(Cl)c1)N1CCC12CCC2. The van der Waals surface area contributed by atoms with Crippen molar-refractivity contribution in [2.75, 3.05) is 6.54 Å². The largest absolute Gasteiger partial charge is 0.218 e. The summed E-state index contributed by atoms with van der Waals surface area (Å²) in [6.07, 6.45) is 4.14. The van der Waals surface area contributed by atoms with Crippen LogP contribution < -0.4 is 0 Å². The molecule has 3 rings (SSSR count). The van der Waals surface area contributed by atoms with Crippen molar-refractivity contribution >= 4 is 33.2 Å². The maximum absolute atomic E-state index is 12.5. The number of hydrogen-bond donors (Lipinski definition) is 0. The predicted octanol–water partition coefficient (Wildman–Crippen LogP) is 3.45. The molecule has 3 nitrogen and oxygen atoms in total. The lowest BCUT2D eigenvalue weighted by molar-refractivity contribution is -0.00308. The van der Waals surface area contributed by atoms with Crippen LogP contribution in [0.1, 0.15) is 31.2 Å². The first kappa shape index (κ1) is 13.7. The van der Waals surface area contributed by atoms with Gasteiger partial charge in [-0.2, -0.15) is 4.31 Å². The minimum absolute atomic E-state index is 0.0188. The Hall–Kier alpha value is -0.290. The first-order chi connectivity index (χ1) is 8.91. The fourth-order valence-corrected chi connectivity index (χ4v) is 5.57. The van der Waals surface area contributed by atoms with Gasteiger partial charge in [0, 0.05) is 22.1 Å². The van der Waals surface area contributed by atoms with Gasteiger partial charge in [-0.3, -0.25) is 0 Å².